The molecule has 1 unspecified atom stereocenters. The first-order chi connectivity index (χ1) is 9.18. The van der Waals surface area contributed by atoms with Crippen LogP contribution < -0.4 is 0 Å². The molecule has 0 saturated carbocycles. The summed E-state index contributed by atoms with van der Waals surface area (Å²) in [5.74, 6) is -0.235. The Balaban J connectivity index is 2.06. The number of carbonyl (C=O) groups excluding carboxylic acids is 1. The third-order valence-electron chi connectivity index (χ3n) is 2.42. The van der Waals surface area contributed by atoms with Crippen LogP contribution in [0.1, 0.15) is 12.0 Å². The van der Waals surface area contributed by atoms with E-state index in [1.807, 2.05) is 18.2 Å². The van der Waals surface area contributed by atoms with Gasteiger partial charge in [0.1, 0.15) is 5.56 Å². The molecular formula is C13H13ClO5. The van der Waals surface area contributed by atoms with E-state index in [1.54, 1.807) is 12.1 Å². The minimum atomic E-state index is -1.03. The second kappa shape index (κ2) is 6.45. The maximum atomic E-state index is 11.8. The molecule has 1 aliphatic heterocycles. The monoisotopic (exact) mass is 284 g/mol. The van der Waals surface area contributed by atoms with Crippen molar-refractivity contribution < 1.29 is 24.1 Å². The topological polar surface area (TPSA) is 65.0 Å². The molecule has 102 valence electrons. The van der Waals surface area contributed by atoms with Crippen molar-refractivity contribution in [2.24, 2.45) is 0 Å². The molecule has 2 rings (SSSR count). The summed E-state index contributed by atoms with van der Waals surface area (Å²) in [5.41, 5.74) is -0.291. The van der Waals surface area contributed by atoms with Crippen molar-refractivity contribution in [3.05, 3.63) is 41.7 Å². The lowest BCUT2D eigenvalue weighted by atomic mass is 10.1. The maximum absolute atomic E-state index is 11.8. The van der Waals surface area contributed by atoms with Gasteiger partial charge in [0, 0.05) is 12.0 Å². The van der Waals surface area contributed by atoms with Gasteiger partial charge in [-0.1, -0.05) is 41.9 Å². The predicted molar refractivity (Wildman–Crippen MR) is 67.8 cm³/mol. The fourth-order valence-electron chi connectivity index (χ4n) is 1.55. The van der Waals surface area contributed by atoms with Crippen LogP contribution in [0.25, 0.3) is 5.76 Å². The molecule has 0 aromatic heterocycles. The van der Waals surface area contributed by atoms with Crippen LogP contribution >= 0.6 is 11.6 Å². The van der Waals surface area contributed by atoms with E-state index in [4.69, 9.17) is 30.9 Å². The van der Waals surface area contributed by atoms with Crippen molar-refractivity contribution in [1.82, 2.24) is 0 Å². The van der Waals surface area contributed by atoms with Crippen LogP contribution in [-0.4, -0.2) is 30.0 Å². The smallest absolute Gasteiger partial charge is 0.377 e. The van der Waals surface area contributed by atoms with E-state index in [-0.39, 0.29) is 25.6 Å². The van der Waals surface area contributed by atoms with Crippen LogP contribution in [0.15, 0.2) is 36.1 Å². The van der Waals surface area contributed by atoms with Crippen LogP contribution in [0.4, 0.5) is 0 Å². The number of benzene rings is 1. The molecule has 1 atom stereocenters. The second-order valence-corrected chi connectivity index (χ2v) is 4.29. The molecule has 1 aliphatic rings. The molecule has 1 heterocycles. The molecule has 0 radical (unpaired) electrons. The molecule has 0 spiro atoms. The first-order valence-electron chi connectivity index (χ1n) is 5.73. The SMILES string of the molecule is O=C(OCCC(O)Cl)C1=C(c2ccccc2)OCO1. The number of aliphatic hydroxyl groups excluding tert-OH is 1. The molecule has 0 saturated heterocycles. The first-order valence-corrected chi connectivity index (χ1v) is 6.16. The molecule has 19 heavy (non-hydrogen) atoms. The molecule has 0 aliphatic carbocycles. The summed E-state index contributed by atoms with van der Waals surface area (Å²) in [6.07, 6.45) is 0.155. The quantitative estimate of drug-likeness (QED) is 0.660. The molecule has 6 heteroatoms. The van der Waals surface area contributed by atoms with Crippen molar-refractivity contribution in [1.29, 1.82) is 0 Å². The minimum absolute atomic E-state index is 0.0123. The lowest BCUT2D eigenvalue weighted by Crippen LogP contribution is -2.12. The number of esters is 1. The number of alkyl halides is 1. The molecule has 1 N–H and O–H groups in total. The Kier molecular flexibility index (Phi) is 4.65. The Morgan fingerprint density at radius 1 is 1.37 bits per heavy atom. The molecule has 0 fully saturated rings. The number of hydrogen-bond acceptors (Lipinski definition) is 5. The second-order valence-electron chi connectivity index (χ2n) is 3.79. The zero-order valence-corrected chi connectivity index (χ0v) is 10.8. The van der Waals surface area contributed by atoms with Gasteiger partial charge in [0.15, 0.2) is 5.76 Å². The molecular weight excluding hydrogens is 272 g/mol. The Morgan fingerprint density at radius 2 is 2.11 bits per heavy atom. The van der Waals surface area contributed by atoms with Gasteiger partial charge in [0.2, 0.25) is 6.79 Å². The van der Waals surface area contributed by atoms with Gasteiger partial charge in [-0.2, -0.15) is 0 Å². The molecule has 1 aromatic carbocycles. The highest BCUT2D eigenvalue weighted by atomic mass is 35.5. The molecule has 0 bridgehead atoms. The highest BCUT2D eigenvalue weighted by Gasteiger charge is 2.27. The fourth-order valence-corrected chi connectivity index (χ4v) is 1.64. The molecule has 1 aromatic rings. The molecule has 5 nitrogen and oxygen atoms in total. The van der Waals surface area contributed by atoms with Gasteiger partial charge in [0.05, 0.1) is 6.61 Å². The van der Waals surface area contributed by atoms with Gasteiger partial charge < -0.3 is 19.3 Å². The van der Waals surface area contributed by atoms with Crippen LogP contribution in [-0.2, 0) is 19.0 Å². The summed E-state index contributed by atoms with van der Waals surface area (Å²) in [6, 6.07) is 9.13. The zero-order valence-electron chi connectivity index (χ0n) is 10.0. The van der Waals surface area contributed by atoms with E-state index >= 15 is 0 Å². The maximum Gasteiger partial charge on any atom is 0.377 e. The average molecular weight is 285 g/mol. The Bertz CT molecular complexity index is 469. The Labute approximate surface area is 115 Å². The third kappa shape index (κ3) is 3.62. The van der Waals surface area contributed by atoms with Crippen molar-refractivity contribution in [2.75, 3.05) is 13.4 Å². The number of halogens is 1. The van der Waals surface area contributed by atoms with E-state index in [0.29, 0.717) is 5.76 Å². The summed E-state index contributed by atoms with van der Waals surface area (Å²) in [7, 11) is 0. The van der Waals surface area contributed by atoms with E-state index in [1.165, 1.54) is 0 Å². The van der Waals surface area contributed by atoms with Crippen LogP contribution in [0, 0.1) is 0 Å². The number of hydrogen-bond donors (Lipinski definition) is 1. The summed E-state index contributed by atoms with van der Waals surface area (Å²) >= 11 is 5.34. The number of aliphatic hydroxyl groups is 1. The van der Waals surface area contributed by atoms with E-state index < -0.39 is 11.5 Å². The van der Waals surface area contributed by atoms with Crippen molar-refractivity contribution in [3.8, 4) is 0 Å². The largest absolute Gasteiger partial charge is 0.460 e. The normalized spacial score (nSPS) is 15.7. The minimum Gasteiger partial charge on any atom is -0.460 e. The summed E-state index contributed by atoms with van der Waals surface area (Å²) in [5, 5.41) is 8.87. The Morgan fingerprint density at radius 3 is 2.79 bits per heavy atom. The lowest BCUT2D eigenvalue weighted by molar-refractivity contribution is -0.143. The van der Waals surface area contributed by atoms with Crippen molar-refractivity contribution >= 4 is 23.3 Å². The van der Waals surface area contributed by atoms with Gasteiger partial charge in [-0.15, -0.1) is 0 Å². The zero-order chi connectivity index (χ0) is 13.7. The van der Waals surface area contributed by atoms with Gasteiger partial charge in [0.25, 0.3) is 5.76 Å². The van der Waals surface area contributed by atoms with Crippen LogP contribution in [0.2, 0.25) is 0 Å². The van der Waals surface area contributed by atoms with Gasteiger partial charge >= 0.3 is 5.97 Å². The first kappa shape index (κ1) is 13.7. The van der Waals surface area contributed by atoms with E-state index in [9.17, 15) is 4.79 Å². The highest BCUT2D eigenvalue weighted by molar-refractivity contribution is 6.19. The summed E-state index contributed by atoms with van der Waals surface area (Å²) in [4.78, 5) is 11.8. The summed E-state index contributed by atoms with van der Waals surface area (Å²) in [6.45, 7) is -0.00871. The Hall–Kier alpha value is -1.72. The average Bonchev–Trinajstić information content (AvgIpc) is 2.88. The lowest BCUT2D eigenvalue weighted by Gasteiger charge is -2.06. The third-order valence-corrected chi connectivity index (χ3v) is 2.64. The van der Waals surface area contributed by atoms with Gasteiger partial charge in [-0.25, -0.2) is 4.79 Å². The number of carbonyl (C=O) groups is 1. The van der Waals surface area contributed by atoms with Crippen LogP contribution in [0.3, 0.4) is 0 Å². The van der Waals surface area contributed by atoms with E-state index in [0.717, 1.165) is 5.56 Å². The molecule has 0 amide bonds. The fraction of sp³-hybridized carbons (Fsp3) is 0.308. The van der Waals surface area contributed by atoms with Crippen LogP contribution in [0.5, 0.6) is 0 Å². The predicted octanol–water partition coefficient (Wildman–Crippen LogP) is 1.85. The summed E-state index contributed by atoms with van der Waals surface area (Å²) < 4.78 is 15.4. The van der Waals surface area contributed by atoms with Crippen molar-refractivity contribution in [2.45, 2.75) is 12.0 Å². The standard InChI is InChI=1S/C13H13ClO5/c14-10(15)6-7-17-13(16)12-11(18-8-19-12)9-4-2-1-3-5-9/h1-5,10,15H,6-8H2. The number of rotatable bonds is 5. The van der Waals surface area contributed by atoms with E-state index in [2.05, 4.69) is 0 Å². The number of ether oxygens (including phenoxy) is 3. The van der Waals surface area contributed by atoms with Crippen molar-refractivity contribution in [3.63, 3.8) is 0 Å². The highest BCUT2D eigenvalue weighted by Crippen LogP contribution is 2.27. The van der Waals surface area contributed by atoms with Gasteiger partial charge in [-0.3, -0.25) is 0 Å². The van der Waals surface area contributed by atoms with Gasteiger partial charge in [-0.05, 0) is 0 Å².